The van der Waals surface area contributed by atoms with Crippen LogP contribution in [0.3, 0.4) is 0 Å². The van der Waals surface area contributed by atoms with E-state index in [0.29, 0.717) is 17.4 Å². The fraction of sp³-hybridized carbons (Fsp3) is 0.200. The van der Waals surface area contributed by atoms with Crippen molar-refractivity contribution in [3.8, 4) is 5.75 Å². The molecule has 3 aromatic rings. The molecule has 1 radical (unpaired) electrons. The molecule has 0 amide bonds. The summed E-state index contributed by atoms with van der Waals surface area (Å²) in [5.41, 5.74) is 8.45. The van der Waals surface area contributed by atoms with Gasteiger partial charge >= 0.3 is 0 Å². The monoisotopic (exact) mass is 426 g/mol. The molecule has 1 aliphatic heterocycles. The van der Waals surface area contributed by atoms with Crippen LogP contribution in [0.5, 0.6) is 5.75 Å². The molecule has 0 aliphatic carbocycles. The number of pyridine rings is 1. The number of anilines is 2. The highest BCUT2D eigenvalue weighted by atomic mass is 32.2. The summed E-state index contributed by atoms with van der Waals surface area (Å²) in [6.45, 7) is 4.46. The van der Waals surface area contributed by atoms with Gasteiger partial charge in [-0.1, -0.05) is 32.0 Å². The number of aromatic hydroxyl groups is 1. The van der Waals surface area contributed by atoms with E-state index in [-0.39, 0.29) is 39.3 Å². The van der Waals surface area contributed by atoms with Crippen molar-refractivity contribution < 1.29 is 13.5 Å². The smallest absolute Gasteiger partial charge is 0.288 e. The summed E-state index contributed by atoms with van der Waals surface area (Å²) in [7, 11) is -4.21. The molecule has 4 rings (SSSR count). The number of benzene rings is 2. The Balaban J connectivity index is 1.98. The van der Waals surface area contributed by atoms with Gasteiger partial charge in [-0.15, -0.1) is 4.40 Å². The summed E-state index contributed by atoms with van der Waals surface area (Å²) in [5.74, 6) is -0.399. The fourth-order valence-corrected chi connectivity index (χ4v) is 4.47. The zero-order valence-electron chi connectivity index (χ0n) is 16.3. The Morgan fingerprint density at radius 2 is 2.03 bits per heavy atom. The summed E-state index contributed by atoms with van der Waals surface area (Å²) < 4.78 is 30.5. The van der Waals surface area contributed by atoms with Gasteiger partial charge in [0, 0.05) is 18.0 Å². The van der Waals surface area contributed by atoms with E-state index in [1.54, 1.807) is 24.3 Å². The Morgan fingerprint density at radius 1 is 1.30 bits per heavy atom. The molecular formula is C20H20N5O4S. The summed E-state index contributed by atoms with van der Waals surface area (Å²) in [6.07, 6.45) is 0. The third-order valence-electron chi connectivity index (χ3n) is 4.65. The van der Waals surface area contributed by atoms with Crippen molar-refractivity contribution in [2.45, 2.75) is 18.7 Å². The summed E-state index contributed by atoms with van der Waals surface area (Å²) in [5, 5.41) is 14.1. The first-order valence-corrected chi connectivity index (χ1v) is 10.7. The molecule has 2 aromatic carbocycles. The number of fused-ring (bicyclic) bond motifs is 2. The van der Waals surface area contributed by atoms with Crippen LogP contribution >= 0.6 is 0 Å². The highest BCUT2D eigenvalue weighted by Crippen LogP contribution is 2.34. The minimum atomic E-state index is -4.21. The predicted molar refractivity (Wildman–Crippen MR) is 116 cm³/mol. The van der Waals surface area contributed by atoms with Crippen LogP contribution in [0.4, 0.5) is 11.4 Å². The highest BCUT2D eigenvalue weighted by molar-refractivity contribution is 7.90. The summed E-state index contributed by atoms with van der Waals surface area (Å²) in [4.78, 5) is 13.1. The van der Waals surface area contributed by atoms with Crippen molar-refractivity contribution in [2.24, 2.45) is 10.3 Å². The van der Waals surface area contributed by atoms with Crippen LogP contribution in [0.2, 0.25) is 0 Å². The lowest BCUT2D eigenvalue weighted by molar-refractivity contribution is 0.478. The first-order valence-electron chi connectivity index (χ1n) is 9.24. The molecule has 0 spiro atoms. The zero-order chi connectivity index (χ0) is 21.6. The maximum Gasteiger partial charge on any atom is 0.288 e. The Kier molecular flexibility index (Phi) is 4.65. The number of nitrogen functional groups attached to an aromatic ring is 1. The van der Waals surface area contributed by atoms with Crippen molar-refractivity contribution in [3.63, 3.8) is 0 Å². The Bertz CT molecular complexity index is 1360. The minimum Gasteiger partial charge on any atom is -0.506 e. The molecule has 1 aromatic heterocycles. The van der Waals surface area contributed by atoms with Gasteiger partial charge in [0.1, 0.15) is 16.2 Å². The number of para-hydroxylation sites is 1. The van der Waals surface area contributed by atoms with E-state index in [1.807, 2.05) is 13.8 Å². The molecule has 30 heavy (non-hydrogen) atoms. The van der Waals surface area contributed by atoms with E-state index in [4.69, 9.17) is 5.73 Å². The van der Waals surface area contributed by atoms with E-state index in [1.165, 1.54) is 16.8 Å². The number of hydrogen-bond acceptors (Lipinski definition) is 7. The van der Waals surface area contributed by atoms with Gasteiger partial charge in [-0.2, -0.15) is 8.42 Å². The third kappa shape index (κ3) is 3.14. The number of rotatable bonds is 4. The van der Waals surface area contributed by atoms with Gasteiger partial charge in [-0.3, -0.25) is 4.79 Å². The predicted octanol–water partition coefficient (Wildman–Crippen LogP) is 1.85. The van der Waals surface area contributed by atoms with Crippen molar-refractivity contribution in [2.75, 3.05) is 23.0 Å². The molecule has 155 valence electrons. The zero-order valence-corrected chi connectivity index (χ0v) is 17.1. The van der Waals surface area contributed by atoms with Crippen LogP contribution in [0.25, 0.3) is 10.9 Å². The van der Waals surface area contributed by atoms with Crippen LogP contribution in [-0.2, 0) is 10.0 Å². The Morgan fingerprint density at radius 3 is 2.77 bits per heavy atom. The number of sulfonamides is 1. The lowest BCUT2D eigenvalue weighted by Crippen LogP contribution is -2.37. The van der Waals surface area contributed by atoms with Crippen molar-refractivity contribution in [1.82, 2.24) is 4.68 Å². The van der Waals surface area contributed by atoms with E-state index in [9.17, 15) is 18.3 Å². The molecule has 2 heterocycles. The number of nitrogens with zero attached hydrogens (tertiary/aromatic N) is 2. The Labute approximate surface area is 172 Å². The van der Waals surface area contributed by atoms with E-state index >= 15 is 0 Å². The van der Waals surface area contributed by atoms with Gasteiger partial charge in [0.25, 0.3) is 15.6 Å². The van der Waals surface area contributed by atoms with Gasteiger partial charge in [-0.25, -0.2) is 4.68 Å². The van der Waals surface area contributed by atoms with Crippen molar-refractivity contribution in [3.05, 3.63) is 58.4 Å². The normalized spacial score (nSPS) is 14.8. The number of amidine groups is 1. The SMILES string of the molecule is CC(C)CNn1c(=O)c(C2=NS(=O)(=O)c3c(N)[c]ccc3N2)c(O)c2ccccc21. The maximum atomic E-state index is 13.3. The third-order valence-corrected chi connectivity index (χ3v) is 6.03. The first kappa shape index (κ1) is 19.8. The number of hydrogen-bond donors (Lipinski definition) is 4. The topological polar surface area (TPSA) is 139 Å². The summed E-state index contributed by atoms with van der Waals surface area (Å²) >= 11 is 0. The molecule has 10 heteroatoms. The van der Waals surface area contributed by atoms with Gasteiger partial charge in [-0.05, 0) is 24.1 Å². The molecule has 1 aliphatic rings. The van der Waals surface area contributed by atoms with Crippen LogP contribution in [0.1, 0.15) is 19.4 Å². The molecule has 0 unspecified atom stereocenters. The van der Waals surface area contributed by atoms with Crippen LogP contribution in [0.15, 0.2) is 50.5 Å². The largest absolute Gasteiger partial charge is 0.506 e. The van der Waals surface area contributed by atoms with Gasteiger partial charge in [0.15, 0.2) is 5.84 Å². The van der Waals surface area contributed by atoms with Crippen molar-refractivity contribution in [1.29, 1.82) is 0 Å². The van der Waals surface area contributed by atoms with E-state index in [2.05, 4.69) is 21.2 Å². The average Bonchev–Trinajstić information content (AvgIpc) is 2.67. The second-order valence-corrected chi connectivity index (χ2v) is 8.85. The van der Waals surface area contributed by atoms with E-state index in [0.717, 1.165) is 0 Å². The van der Waals surface area contributed by atoms with Crippen LogP contribution in [-0.4, -0.2) is 30.6 Å². The molecule has 5 N–H and O–H groups in total. The quantitative estimate of drug-likeness (QED) is 0.467. The molecular weight excluding hydrogens is 406 g/mol. The molecule has 0 saturated heterocycles. The highest BCUT2D eigenvalue weighted by Gasteiger charge is 2.31. The molecule has 0 atom stereocenters. The minimum absolute atomic E-state index is 0.0819. The van der Waals surface area contributed by atoms with Crippen molar-refractivity contribution >= 4 is 38.1 Å². The summed E-state index contributed by atoms with van der Waals surface area (Å²) in [6, 6.07) is 12.3. The van der Waals surface area contributed by atoms with Gasteiger partial charge in [0.05, 0.1) is 16.9 Å². The molecule has 0 fully saturated rings. The number of nitrogens with two attached hydrogens (primary N) is 1. The lowest BCUT2D eigenvalue weighted by atomic mass is 10.1. The van der Waals surface area contributed by atoms with Crippen LogP contribution < -0.4 is 22.0 Å². The molecule has 0 bridgehead atoms. The first-order chi connectivity index (χ1) is 14.2. The van der Waals surface area contributed by atoms with E-state index < -0.39 is 15.6 Å². The maximum absolute atomic E-state index is 13.3. The number of aromatic nitrogens is 1. The van der Waals surface area contributed by atoms with Gasteiger partial charge in [0.2, 0.25) is 0 Å². The average molecular weight is 426 g/mol. The Hall–Kier alpha value is -3.53. The van der Waals surface area contributed by atoms with Crippen LogP contribution in [0, 0.1) is 12.0 Å². The second-order valence-electron chi connectivity index (χ2n) is 7.31. The number of nitrogens with one attached hydrogen (secondary N) is 2. The standard InChI is InChI=1S/C20H20N5O4S/c1-11(2)10-22-25-15-9-4-3-6-12(15)17(26)16(20(25)27)19-23-14-8-5-7-13(21)18(14)30(28,29)24-19/h3-6,8-9,11,22,26H,10,21H2,1-2H3,(H,23,24). The molecule has 9 nitrogen and oxygen atoms in total. The molecule has 0 saturated carbocycles. The lowest BCUT2D eigenvalue weighted by Gasteiger charge is -2.22. The fourth-order valence-electron chi connectivity index (χ4n) is 3.27. The second kappa shape index (κ2) is 7.06. The van der Waals surface area contributed by atoms with Gasteiger partial charge < -0.3 is 21.6 Å².